The molecule has 0 amide bonds. The van der Waals surface area contributed by atoms with Gasteiger partial charge in [-0.25, -0.2) is 0 Å². The van der Waals surface area contributed by atoms with Gasteiger partial charge in [-0.3, -0.25) is 9.97 Å². The van der Waals surface area contributed by atoms with Gasteiger partial charge in [-0.1, -0.05) is 13.0 Å². The van der Waals surface area contributed by atoms with Crippen LogP contribution in [-0.4, -0.2) is 36.8 Å². The lowest BCUT2D eigenvalue weighted by Crippen LogP contribution is -2.28. The van der Waals surface area contributed by atoms with E-state index in [0.717, 1.165) is 37.5 Å². The van der Waals surface area contributed by atoms with E-state index in [1.807, 2.05) is 30.5 Å². The summed E-state index contributed by atoms with van der Waals surface area (Å²) in [4.78, 5) is 11.1. The van der Waals surface area contributed by atoms with E-state index in [2.05, 4.69) is 27.9 Å². The Balaban J connectivity index is 2.23. The predicted molar refractivity (Wildman–Crippen MR) is 81.8 cm³/mol. The summed E-state index contributed by atoms with van der Waals surface area (Å²) in [7, 11) is 1.73. The molecule has 2 heterocycles. The van der Waals surface area contributed by atoms with Crippen molar-refractivity contribution < 1.29 is 4.74 Å². The lowest BCUT2D eigenvalue weighted by molar-refractivity contribution is 0.205. The molecular formula is C16H21N3O. The first kappa shape index (κ1) is 14.5. The molecule has 0 atom stereocenters. The van der Waals surface area contributed by atoms with Crippen molar-refractivity contribution in [2.24, 2.45) is 0 Å². The zero-order chi connectivity index (χ0) is 14.2. The van der Waals surface area contributed by atoms with E-state index in [9.17, 15) is 0 Å². The molecule has 4 heteroatoms. The Kier molecular flexibility index (Phi) is 5.50. The largest absolute Gasteiger partial charge is 0.383 e. The second-order valence-corrected chi connectivity index (χ2v) is 4.59. The second-order valence-electron chi connectivity index (χ2n) is 4.59. The van der Waals surface area contributed by atoms with Crippen molar-refractivity contribution in [2.45, 2.75) is 13.3 Å². The average molecular weight is 271 g/mol. The molecule has 20 heavy (non-hydrogen) atoms. The molecule has 0 radical (unpaired) electrons. The van der Waals surface area contributed by atoms with Gasteiger partial charge in [0.25, 0.3) is 0 Å². The molecule has 0 saturated carbocycles. The first-order valence-electron chi connectivity index (χ1n) is 6.96. The van der Waals surface area contributed by atoms with E-state index in [-0.39, 0.29) is 0 Å². The fourth-order valence-corrected chi connectivity index (χ4v) is 2.11. The molecule has 0 aliphatic carbocycles. The summed E-state index contributed by atoms with van der Waals surface area (Å²) in [5.41, 5.74) is 2.97. The van der Waals surface area contributed by atoms with Crippen LogP contribution in [0.15, 0.2) is 42.7 Å². The molecule has 0 aliphatic rings. The molecule has 0 aliphatic heterocycles. The van der Waals surface area contributed by atoms with Crippen LogP contribution in [0.3, 0.4) is 0 Å². The van der Waals surface area contributed by atoms with Crippen molar-refractivity contribution in [1.29, 1.82) is 0 Å². The summed E-state index contributed by atoms with van der Waals surface area (Å²) in [6.45, 7) is 4.80. The van der Waals surface area contributed by atoms with E-state index >= 15 is 0 Å². The van der Waals surface area contributed by atoms with Gasteiger partial charge in [0.05, 0.1) is 18.0 Å². The number of aromatic nitrogens is 2. The number of hydrogen-bond acceptors (Lipinski definition) is 4. The first-order valence-corrected chi connectivity index (χ1v) is 6.96. The van der Waals surface area contributed by atoms with Crippen LogP contribution in [0.1, 0.15) is 13.3 Å². The highest BCUT2D eigenvalue weighted by Crippen LogP contribution is 2.21. The summed E-state index contributed by atoms with van der Waals surface area (Å²) in [6.07, 6.45) is 4.73. The van der Waals surface area contributed by atoms with Gasteiger partial charge in [-0.05, 0) is 30.7 Å². The molecule has 2 aromatic heterocycles. The third kappa shape index (κ3) is 3.78. The SMILES string of the molecule is CCCN(CCOC)c1ccnc(-c2ccccn2)c1. The fraction of sp³-hybridized carbons (Fsp3) is 0.375. The lowest BCUT2D eigenvalue weighted by atomic mass is 10.2. The summed E-state index contributed by atoms with van der Waals surface area (Å²) < 4.78 is 5.19. The van der Waals surface area contributed by atoms with Crippen LogP contribution in [0.5, 0.6) is 0 Å². The van der Waals surface area contributed by atoms with Crippen LogP contribution in [0.2, 0.25) is 0 Å². The van der Waals surface area contributed by atoms with Crippen LogP contribution in [0.4, 0.5) is 5.69 Å². The number of anilines is 1. The van der Waals surface area contributed by atoms with Gasteiger partial charge >= 0.3 is 0 Å². The predicted octanol–water partition coefficient (Wildman–Crippen LogP) is 3.01. The van der Waals surface area contributed by atoms with Gasteiger partial charge in [-0.2, -0.15) is 0 Å². The summed E-state index contributed by atoms with van der Waals surface area (Å²) in [5.74, 6) is 0. The maximum atomic E-state index is 5.19. The maximum Gasteiger partial charge on any atom is 0.0906 e. The average Bonchev–Trinajstić information content (AvgIpc) is 2.52. The Morgan fingerprint density at radius 1 is 1.05 bits per heavy atom. The van der Waals surface area contributed by atoms with Gasteiger partial charge in [-0.15, -0.1) is 0 Å². The van der Waals surface area contributed by atoms with Crippen LogP contribution >= 0.6 is 0 Å². The summed E-state index contributed by atoms with van der Waals surface area (Å²) in [6, 6.07) is 10.00. The van der Waals surface area contributed by atoms with Crippen molar-refractivity contribution in [3.05, 3.63) is 42.7 Å². The van der Waals surface area contributed by atoms with E-state index in [1.54, 1.807) is 13.3 Å². The molecule has 2 rings (SSSR count). The van der Waals surface area contributed by atoms with Gasteiger partial charge in [0, 0.05) is 38.3 Å². The zero-order valence-corrected chi connectivity index (χ0v) is 12.1. The third-order valence-electron chi connectivity index (χ3n) is 3.09. The standard InChI is InChI=1S/C16H21N3O/c1-3-10-19(11-12-20-2)14-7-9-18-16(13-14)15-6-4-5-8-17-15/h4-9,13H,3,10-12H2,1-2H3. The highest BCUT2D eigenvalue weighted by Gasteiger charge is 2.08. The van der Waals surface area contributed by atoms with E-state index in [0.29, 0.717) is 0 Å². The number of rotatable bonds is 7. The van der Waals surface area contributed by atoms with Crippen molar-refractivity contribution in [2.75, 3.05) is 31.7 Å². The maximum absolute atomic E-state index is 5.19. The lowest BCUT2D eigenvalue weighted by Gasteiger charge is -2.24. The Bertz CT molecular complexity index is 516. The smallest absolute Gasteiger partial charge is 0.0906 e. The zero-order valence-electron chi connectivity index (χ0n) is 12.1. The van der Waals surface area contributed by atoms with Gasteiger partial charge in [0.2, 0.25) is 0 Å². The molecule has 0 aromatic carbocycles. The van der Waals surface area contributed by atoms with Crippen LogP contribution in [-0.2, 0) is 4.74 Å². The highest BCUT2D eigenvalue weighted by atomic mass is 16.5. The van der Waals surface area contributed by atoms with Gasteiger partial charge in [0.15, 0.2) is 0 Å². The minimum Gasteiger partial charge on any atom is -0.383 e. The summed E-state index contributed by atoms with van der Waals surface area (Å²) in [5, 5.41) is 0. The van der Waals surface area contributed by atoms with E-state index in [1.165, 1.54) is 5.69 Å². The number of hydrogen-bond donors (Lipinski definition) is 0. The summed E-state index contributed by atoms with van der Waals surface area (Å²) >= 11 is 0. The van der Waals surface area contributed by atoms with E-state index in [4.69, 9.17) is 4.74 Å². The minimum atomic E-state index is 0.723. The van der Waals surface area contributed by atoms with Gasteiger partial charge < -0.3 is 9.64 Å². The third-order valence-corrected chi connectivity index (χ3v) is 3.09. The quantitative estimate of drug-likeness (QED) is 0.776. The minimum absolute atomic E-state index is 0.723. The molecule has 2 aromatic rings. The van der Waals surface area contributed by atoms with Crippen molar-refractivity contribution in [1.82, 2.24) is 9.97 Å². The molecule has 0 N–H and O–H groups in total. The van der Waals surface area contributed by atoms with Crippen LogP contribution in [0, 0.1) is 0 Å². The molecule has 106 valence electrons. The molecule has 4 nitrogen and oxygen atoms in total. The molecule has 0 bridgehead atoms. The molecular weight excluding hydrogens is 250 g/mol. The van der Waals surface area contributed by atoms with E-state index < -0.39 is 0 Å². The second kappa shape index (κ2) is 7.60. The molecule has 0 unspecified atom stereocenters. The molecule has 0 spiro atoms. The van der Waals surface area contributed by atoms with Crippen LogP contribution in [0.25, 0.3) is 11.4 Å². The van der Waals surface area contributed by atoms with Crippen LogP contribution < -0.4 is 4.90 Å². The monoisotopic (exact) mass is 271 g/mol. The van der Waals surface area contributed by atoms with Gasteiger partial charge in [0.1, 0.15) is 0 Å². The Morgan fingerprint density at radius 3 is 2.60 bits per heavy atom. The topological polar surface area (TPSA) is 38.2 Å². The normalized spacial score (nSPS) is 10.5. The molecule has 0 saturated heterocycles. The number of pyridine rings is 2. The molecule has 0 fully saturated rings. The fourth-order valence-electron chi connectivity index (χ4n) is 2.11. The van der Waals surface area contributed by atoms with Crippen molar-refractivity contribution in [3.63, 3.8) is 0 Å². The highest BCUT2D eigenvalue weighted by molar-refractivity contribution is 5.61. The van der Waals surface area contributed by atoms with Crippen molar-refractivity contribution >= 4 is 5.69 Å². The number of nitrogens with zero attached hydrogens (tertiary/aromatic N) is 3. The Hall–Kier alpha value is -1.94. The van der Waals surface area contributed by atoms with Crippen molar-refractivity contribution in [3.8, 4) is 11.4 Å². The number of methoxy groups -OCH3 is 1. The Morgan fingerprint density at radius 2 is 1.90 bits per heavy atom. The number of ether oxygens (including phenoxy) is 1. The Labute approximate surface area is 120 Å². The first-order chi connectivity index (χ1) is 9.85.